The molecule has 3 unspecified atom stereocenters. The first-order chi connectivity index (χ1) is 22.2. The summed E-state index contributed by atoms with van der Waals surface area (Å²) in [6.45, 7) is 0. The fourth-order valence-electron chi connectivity index (χ4n) is 8.66. The molecule has 3 aliphatic carbocycles. The van der Waals surface area contributed by atoms with Gasteiger partial charge in [-0.25, -0.2) is 0 Å². The van der Waals surface area contributed by atoms with Gasteiger partial charge < -0.3 is 0 Å². The van der Waals surface area contributed by atoms with E-state index >= 15 is 0 Å². The molecule has 1 heteroatoms. The average molecular weight is 741 g/mol. The van der Waals surface area contributed by atoms with Gasteiger partial charge in [-0.1, -0.05) is 0 Å². The van der Waals surface area contributed by atoms with Crippen LogP contribution in [0, 0.1) is 0 Å². The zero-order valence-electron chi connectivity index (χ0n) is 25.4. The first-order valence-electron chi connectivity index (χ1n) is 16.1. The molecular weight excluding hydrogens is 707 g/mol. The van der Waals surface area contributed by atoms with E-state index in [0.717, 1.165) is 0 Å². The van der Waals surface area contributed by atoms with Gasteiger partial charge in [0, 0.05) is 0 Å². The summed E-state index contributed by atoms with van der Waals surface area (Å²) in [5.41, 5.74) is 14.5. The molecule has 6 aromatic rings. The molecule has 0 bridgehead atoms. The van der Waals surface area contributed by atoms with Crippen LogP contribution < -0.4 is 6.64 Å². The number of allylic oxidation sites excluding steroid dienone is 2. The number of hydrogen-bond donors (Lipinski definition) is 0. The van der Waals surface area contributed by atoms with Crippen molar-refractivity contribution in [2.75, 3.05) is 0 Å². The predicted octanol–water partition coefficient (Wildman–Crippen LogP) is 9.93. The molecular formula is C44H34Hf. The Labute approximate surface area is 270 Å². The maximum absolute atomic E-state index is 3.69. The van der Waals surface area contributed by atoms with E-state index in [0.29, 0.717) is 3.67 Å². The first-order valence-corrected chi connectivity index (χ1v) is 25.4. The molecule has 6 aromatic carbocycles. The van der Waals surface area contributed by atoms with E-state index < -0.39 is 20.0 Å². The summed E-state index contributed by atoms with van der Waals surface area (Å²) in [6, 6.07) is 55.4. The Bertz CT molecular complexity index is 2100. The van der Waals surface area contributed by atoms with E-state index in [1.54, 1.807) is 12.2 Å². The molecule has 0 spiro atoms. The fourth-order valence-corrected chi connectivity index (χ4v) is 24.9. The summed E-state index contributed by atoms with van der Waals surface area (Å²) < 4.78 is 6.18. The van der Waals surface area contributed by atoms with Gasteiger partial charge in [-0.05, 0) is 0 Å². The predicted molar refractivity (Wildman–Crippen MR) is 186 cm³/mol. The van der Waals surface area contributed by atoms with Gasteiger partial charge >= 0.3 is 272 Å². The van der Waals surface area contributed by atoms with Gasteiger partial charge in [0.1, 0.15) is 0 Å². The van der Waals surface area contributed by atoms with Gasteiger partial charge in [0.05, 0.1) is 0 Å². The van der Waals surface area contributed by atoms with Gasteiger partial charge in [-0.15, -0.1) is 0 Å². The monoisotopic (exact) mass is 742 g/mol. The molecule has 0 aromatic heterocycles. The van der Waals surface area contributed by atoms with E-state index in [9.17, 15) is 0 Å². The van der Waals surface area contributed by atoms with E-state index in [1.807, 2.05) is 0 Å². The molecule has 214 valence electrons. The fraction of sp³-hybridized carbons (Fsp3) is 0.0909. The van der Waals surface area contributed by atoms with E-state index in [2.05, 4.69) is 175 Å². The van der Waals surface area contributed by atoms with Crippen LogP contribution in [-0.4, -0.2) is 0 Å². The summed E-state index contributed by atoms with van der Waals surface area (Å²) in [4.78, 5) is 0. The second-order valence-corrected chi connectivity index (χ2v) is 27.8. The molecule has 9 rings (SSSR count). The minimum absolute atomic E-state index is 0.216. The van der Waals surface area contributed by atoms with Crippen LogP contribution in [0.4, 0.5) is 0 Å². The topological polar surface area (TPSA) is 0 Å². The second-order valence-electron chi connectivity index (χ2n) is 12.9. The minimum atomic E-state index is -3.69. The molecule has 0 saturated carbocycles. The Balaban J connectivity index is 1.39. The van der Waals surface area contributed by atoms with E-state index in [1.165, 1.54) is 50.1 Å². The standard InChI is InChI=1S/C31H21.2C6H5.CH3.Hf/c1-4-10-23-20(7-1)13-15-26(23)29-18-17-27-25-12-6-3-9-22(25)19-30(27)31(29)28-16-14-21-8-2-5-11-24(21)28;2*1-2-4-6-5-3-1;;/h1-19,26,28H;2*1-5H;1H3;. The zero-order chi connectivity index (χ0) is 30.0. The van der Waals surface area contributed by atoms with Crippen LogP contribution in [-0.2, 0) is 20.0 Å². The summed E-state index contributed by atoms with van der Waals surface area (Å²) in [5, 5.41) is 0. The van der Waals surface area contributed by atoms with Gasteiger partial charge in [-0.2, -0.15) is 0 Å². The van der Waals surface area contributed by atoms with E-state index in [4.69, 9.17) is 0 Å². The summed E-state index contributed by atoms with van der Waals surface area (Å²) in [5.74, 6) is 0.455. The Morgan fingerprint density at radius 2 is 0.911 bits per heavy atom. The molecule has 3 atom stereocenters. The molecule has 0 saturated heterocycles. The zero-order valence-corrected chi connectivity index (χ0v) is 29.0. The summed E-state index contributed by atoms with van der Waals surface area (Å²) >= 11 is -3.69. The van der Waals surface area contributed by atoms with Crippen LogP contribution in [0.25, 0.3) is 23.3 Å². The van der Waals surface area contributed by atoms with Gasteiger partial charge in [0.25, 0.3) is 0 Å². The van der Waals surface area contributed by atoms with Crippen molar-refractivity contribution >= 4 is 18.8 Å². The third-order valence-electron chi connectivity index (χ3n) is 10.7. The molecule has 0 radical (unpaired) electrons. The third-order valence-corrected chi connectivity index (χ3v) is 28.1. The molecule has 0 nitrogen and oxygen atoms in total. The van der Waals surface area contributed by atoms with Crippen molar-refractivity contribution in [1.29, 1.82) is 0 Å². The number of benzene rings is 6. The molecule has 0 heterocycles. The van der Waals surface area contributed by atoms with Crippen LogP contribution in [0.15, 0.2) is 158 Å². The number of fused-ring (bicyclic) bond motifs is 5. The summed E-state index contributed by atoms with van der Waals surface area (Å²) in [7, 11) is 0. The maximum atomic E-state index is 2.70. The van der Waals surface area contributed by atoms with Crippen LogP contribution in [0.1, 0.15) is 60.0 Å². The molecule has 0 N–H and O–H groups in total. The molecule has 45 heavy (non-hydrogen) atoms. The Hall–Kier alpha value is -4.33. The van der Waals surface area contributed by atoms with Crippen LogP contribution in [0.5, 0.6) is 0 Å². The number of hydrogen-bond acceptors (Lipinski definition) is 0. The van der Waals surface area contributed by atoms with Crippen LogP contribution >= 0.6 is 0 Å². The van der Waals surface area contributed by atoms with Gasteiger partial charge in [0.15, 0.2) is 0 Å². The SMILES string of the molecule is [CH3][Hf]([c]1ccccc1)([c]1ccccc1)[CH]1c2ccccc2-c2ccc(C3C=Cc4ccccc43)c(C3C=Cc4ccccc43)c21. The Morgan fingerprint density at radius 1 is 0.400 bits per heavy atom. The van der Waals surface area contributed by atoms with Crippen molar-refractivity contribution in [3.8, 4) is 11.1 Å². The van der Waals surface area contributed by atoms with Crippen molar-refractivity contribution in [3.63, 3.8) is 0 Å². The number of rotatable bonds is 5. The molecule has 0 aliphatic heterocycles. The van der Waals surface area contributed by atoms with Crippen molar-refractivity contribution in [1.82, 2.24) is 0 Å². The van der Waals surface area contributed by atoms with Gasteiger partial charge in [0.2, 0.25) is 0 Å². The average Bonchev–Trinajstić information content (AvgIpc) is 3.82. The molecule has 0 amide bonds. The van der Waals surface area contributed by atoms with Crippen molar-refractivity contribution < 1.29 is 20.0 Å². The summed E-state index contributed by atoms with van der Waals surface area (Å²) in [6.07, 6.45) is 9.61. The van der Waals surface area contributed by atoms with Crippen LogP contribution in [0.2, 0.25) is 4.68 Å². The van der Waals surface area contributed by atoms with Gasteiger partial charge in [-0.3, -0.25) is 0 Å². The van der Waals surface area contributed by atoms with E-state index in [-0.39, 0.29) is 11.8 Å². The van der Waals surface area contributed by atoms with Crippen molar-refractivity contribution in [2.45, 2.75) is 20.2 Å². The quantitative estimate of drug-likeness (QED) is 0.155. The molecule has 0 fully saturated rings. The third kappa shape index (κ3) is 4.07. The Morgan fingerprint density at radius 3 is 1.56 bits per heavy atom. The normalized spacial score (nSPS) is 18.8. The van der Waals surface area contributed by atoms with Crippen molar-refractivity contribution in [2.24, 2.45) is 0 Å². The van der Waals surface area contributed by atoms with Crippen molar-refractivity contribution in [3.05, 3.63) is 202 Å². The second kappa shape index (κ2) is 10.6. The Kier molecular flexibility index (Phi) is 6.39. The molecule has 3 aliphatic rings. The van der Waals surface area contributed by atoms with Crippen LogP contribution in [0.3, 0.4) is 0 Å². The first kappa shape index (κ1) is 27.0.